The highest BCUT2D eigenvalue weighted by Crippen LogP contribution is 2.41. The molecular formula is C14H25NO4. The number of aliphatic carboxylic acids is 1. The van der Waals surface area contributed by atoms with Crippen LogP contribution in [0.1, 0.15) is 39.5 Å². The van der Waals surface area contributed by atoms with Crippen molar-refractivity contribution < 1.29 is 19.4 Å². The minimum absolute atomic E-state index is 0.0596. The summed E-state index contributed by atoms with van der Waals surface area (Å²) in [6, 6.07) is 0. The Hall–Kier alpha value is -1.10. The third-order valence-corrected chi connectivity index (χ3v) is 3.83. The monoisotopic (exact) mass is 271 g/mol. The Morgan fingerprint density at radius 2 is 2.00 bits per heavy atom. The summed E-state index contributed by atoms with van der Waals surface area (Å²) >= 11 is 0. The van der Waals surface area contributed by atoms with Crippen LogP contribution in [0.4, 0.5) is 0 Å². The number of carbonyl (C=O) groups is 2. The summed E-state index contributed by atoms with van der Waals surface area (Å²) in [5, 5.41) is 11.9. The molecule has 1 rings (SSSR count). The number of amides is 1. The predicted molar refractivity (Wildman–Crippen MR) is 71.8 cm³/mol. The van der Waals surface area contributed by atoms with Crippen molar-refractivity contribution in [1.82, 2.24) is 5.32 Å². The fourth-order valence-electron chi connectivity index (χ4n) is 2.56. The zero-order valence-electron chi connectivity index (χ0n) is 12.1. The van der Waals surface area contributed by atoms with Gasteiger partial charge >= 0.3 is 5.97 Å². The molecule has 0 radical (unpaired) electrons. The maximum atomic E-state index is 12.2. The number of methoxy groups -OCH3 is 1. The molecule has 110 valence electrons. The second-order valence-electron chi connectivity index (χ2n) is 5.94. The number of carboxylic acid groups (broad SMARTS) is 1. The molecule has 2 N–H and O–H groups in total. The predicted octanol–water partition coefficient (Wildman–Crippen LogP) is 1.67. The number of nitrogens with one attached hydrogen (secondary N) is 1. The fourth-order valence-corrected chi connectivity index (χ4v) is 2.56. The van der Waals surface area contributed by atoms with E-state index >= 15 is 0 Å². The average molecular weight is 271 g/mol. The number of carbonyl (C=O) groups excluding carboxylic acids is 1. The van der Waals surface area contributed by atoms with Crippen molar-refractivity contribution in [3.8, 4) is 0 Å². The quantitative estimate of drug-likeness (QED) is 0.704. The zero-order chi connectivity index (χ0) is 14.5. The summed E-state index contributed by atoms with van der Waals surface area (Å²) in [7, 11) is 1.59. The first-order valence-corrected chi connectivity index (χ1v) is 6.91. The molecule has 0 bridgehead atoms. The normalized spacial score (nSPS) is 18.7. The van der Waals surface area contributed by atoms with Gasteiger partial charge in [0.05, 0.1) is 17.9 Å². The van der Waals surface area contributed by atoms with Crippen LogP contribution in [-0.2, 0) is 14.3 Å². The van der Waals surface area contributed by atoms with Crippen molar-refractivity contribution >= 4 is 11.9 Å². The maximum Gasteiger partial charge on any atom is 0.308 e. The number of hydrogen-bond donors (Lipinski definition) is 2. The number of rotatable bonds is 8. The van der Waals surface area contributed by atoms with Gasteiger partial charge in [-0.25, -0.2) is 0 Å². The van der Waals surface area contributed by atoms with Crippen LogP contribution in [0.5, 0.6) is 0 Å². The van der Waals surface area contributed by atoms with Gasteiger partial charge in [0.25, 0.3) is 0 Å². The van der Waals surface area contributed by atoms with E-state index in [1.54, 1.807) is 7.11 Å². The molecule has 5 heteroatoms. The molecule has 19 heavy (non-hydrogen) atoms. The molecule has 1 atom stereocenters. The minimum atomic E-state index is -0.844. The van der Waals surface area contributed by atoms with Gasteiger partial charge in [-0.2, -0.15) is 0 Å². The Labute approximate surface area is 114 Å². The Bertz CT molecular complexity index is 323. The van der Waals surface area contributed by atoms with Gasteiger partial charge in [-0.1, -0.05) is 20.3 Å². The van der Waals surface area contributed by atoms with Crippen molar-refractivity contribution in [2.75, 3.05) is 20.3 Å². The van der Waals surface area contributed by atoms with Crippen LogP contribution in [0, 0.1) is 17.3 Å². The lowest BCUT2D eigenvalue weighted by Gasteiger charge is -2.39. The molecule has 0 heterocycles. The van der Waals surface area contributed by atoms with Gasteiger partial charge < -0.3 is 15.2 Å². The van der Waals surface area contributed by atoms with E-state index in [0.717, 1.165) is 19.3 Å². The number of carboxylic acids is 1. The molecule has 0 saturated heterocycles. The Kier molecular flexibility index (Phi) is 5.79. The Balaban J connectivity index is 2.49. The lowest BCUT2D eigenvalue weighted by atomic mass is 9.68. The SMILES string of the molecule is COCC1(C(=O)NCC(CC(C)C)C(=O)O)CCC1. The van der Waals surface area contributed by atoms with E-state index < -0.39 is 17.3 Å². The van der Waals surface area contributed by atoms with Crippen LogP contribution in [0.15, 0.2) is 0 Å². The van der Waals surface area contributed by atoms with Crippen LogP contribution in [0.2, 0.25) is 0 Å². The standard InChI is InChI=1S/C14H25NO4/c1-10(2)7-11(12(16)17)8-15-13(18)14(9-19-3)5-4-6-14/h10-11H,4-9H2,1-3H3,(H,15,18)(H,16,17). The van der Waals surface area contributed by atoms with E-state index in [0.29, 0.717) is 18.9 Å². The third-order valence-electron chi connectivity index (χ3n) is 3.83. The number of hydrogen-bond acceptors (Lipinski definition) is 3. The third kappa shape index (κ3) is 4.20. The molecule has 0 spiro atoms. The van der Waals surface area contributed by atoms with Crippen molar-refractivity contribution in [3.05, 3.63) is 0 Å². The van der Waals surface area contributed by atoms with E-state index in [4.69, 9.17) is 9.84 Å². The fraction of sp³-hybridized carbons (Fsp3) is 0.857. The molecule has 5 nitrogen and oxygen atoms in total. The van der Waals surface area contributed by atoms with Gasteiger partial charge in [0.1, 0.15) is 0 Å². The summed E-state index contributed by atoms with van der Waals surface area (Å²) in [5.41, 5.74) is -0.421. The van der Waals surface area contributed by atoms with E-state index in [1.165, 1.54) is 0 Å². The first-order valence-electron chi connectivity index (χ1n) is 6.91. The average Bonchev–Trinajstić information content (AvgIpc) is 2.27. The van der Waals surface area contributed by atoms with Crippen LogP contribution < -0.4 is 5.32 Å². The van der Waals surface area contributed by atoms with Gasteiger partial charge in [-0.15, -0.1) is 0 Å². The molecule has 1 saturated carbocycles. The molecule has 1 unspecified atom stereocenters. The second kappa shape index (κ2) is 6.89. The molecule has 0 aliphatic heterocycles. The van der Waals surface area contributed by atoms with Crippen molar-refractivity contribution in [2.45, 2.75) is 39.5 Å². The Morgan fingerprint density at radius 1 is 1.37 bits per heavy atom. The molecular weight excluding hydrogens is 246 g/mol. The summed E-state index contributed by atoms with van der Waals surface area (Å²) < 4.78 is 5.11. The maximum absolute atomic E-state index is 12.2. The highest BCUT2D eigenvalue weighted by atomic mass is 16.5. The lowest BCUT2D eigenvalue weighted by Crippen LogP contribution is -2.50. The van der Waals surface area contributed by atoms with Crippen molar-refractivity contribution in [2.24, 2.45) is 17.3 Å². The summed E-state index contributed by atoms with van der Waals surface area (Å²) in [5.74, 6) is -1.11. The molecule has 1 amide bonds. The van der Waals surface area contributed by atoms with E-state index in [9.17, 15) is 9.59 Å². The Morgan fingerprint density at radius 3 is 2.37 bits per heavy atom. The molecule has 0 aromatic rings. The highest BCUT2D eigenvalue weighted by molar-refractivity contribution is 5.84. The summed E-state index contributed by atoms with van der Waals surface area (Å²) in [4.78, 5) is 23.3. The smallest absolute Gasteiger partial charge is 0.308 e. The largest absolute Gasteiger partial charge is 0.481 e. The van der Waals surface area contributed by atoms with Gasteiger partial charge in [0.2, 0.25) is 5.91 Å². The zero-order valence-corrected chi connectivity index (χ0v) is 12.1. The van der Waals surface area contributed by atoms with Gasteiger partial charge in [-0.3, -0.25) is 9.59 Å². The van der Waals surface area contributed by atoms with Crippen LogP contribution in [-0.4, -0.2) is 37.2 Å². The molecule has 1 fully saturated rings. The highest BCUT2D eigenvalue weighted by Gasteiger charge is 2.44. The van der Waals surface area contributed by atoms with Gasteiger partial charge in [-0.05, 0) is 25.2 Å². The van der Waals surface area contributed by atoms with Crippen LogP contribution in [0.25, 0.3) is 0 Å². The second-order valence-corrected chi connectivity index (χ2v) is 5.94. The topological polar surface area (TPSA) is 75.6 Å². The summed E-state index contributed by atoms with van der Waals surface area (Å²) in [6.45, 7) is 4.59. The molecule has 0 aromatic heterocycles. The molecule has 1 aliphatic rings. The first-order chi connectivity index (χ1) is 8.91. The first kappa shape index (κ1) is 16.0. The lowest BCUT2D eigenvalue weighted by molar-refractivity contribution is -0.144. The van der Waals surface area contributed by atoms with Crippen molar-refractivity contribution in [1.29, 1.82) is 0 Å². The molecule has 1 aliphatic carbocycles. The minimum Gasteiger partial charge on any atom is -0.481 e. The summed E-state index contributed by atoms with van der Waals surface area (Å²) in [6.07, 6.45) is 3.27. The van der Waals surface area contributed by atoms with Crippen LogP contribution >= 0.6 is 0 Å². The van der Waals surface area contributed by atoms with E-state index in [2.05, 4.69) is 5.32 Å². The molecule has 0 aromatic carbocycles. The van der Waals surface area contributed by atoms with Gasteiger partial charge in [0.15, 0.2) is 0 Å². The number of ether oxygens (including phenoxy) is 1. The van der Waals surface area contributed by atoms with Gasteiger partial charge in [0, 0.05) is 13.7 Å². The van der Waals surface area contributed by atoms with E-state index in [-0.39, 0.29) is 12.5 Å². The van der Waals surface area contributed by atoms with Crippen molar-refractivity contribution in [3.63, 3.8) is 0 Å². The van der Waals surface area contributed by atoms with E-state index in [1.807, 2.05) is 13.8 Å². The van der Waals surface area contributed by atoms with Crippen LogP contribution in [0.3, 0.4) is 0 Å².